The highest BCUT2D eigenvalue weighted by molar-refractivity contribution is 7.92. The van der Waals surface area contributed by atoms with Crippen molar-refractivity contribution in [2.45, 2.75) is 29.4 Å². The van der Waals surface area contributed by atoms with E-state index < -0.39 is 32.6 Å². The summed E-state index contributed by atoms with van der Waals surface area (Å²) in [5, 5.41) is 5.41. The highest BCUT2D eigenvalue weighted by Gasteiger charge is 2.54. The molecular weight excluding hydrogens is 462 g/mol. The summed E-state index contributed by atoms with van der Waals surface area (Å²) in [7, 11) is -3.86. The molecule has 11 heteroatoms. The maximum Gasteiger partial charge on any atom is 0.255 e. The minimum absolute atomic E-state index is 0.00283. The predicted octanol–water partition coefficient (Wildman–Crippen LogP) is 5.37. The maximum absolute atomic E-state index is 13.5. The molecule has 0 radical (unpaired) electrons. The molecule has 2 aromatic rings. The number of anilines is 1. The van der Waals surface area contributed by atoms with Gasteiger partial charge in [0.1, 0.15) is 0 Å². The molecule has 7 nitrogen and oxygen atoms in total. The third-order valence-corrected chi connectivity index (χ3v) is 9.23. The van der Waals surface area contributed by atoms with Gasteiger partial charge in [-0.25, -0.2) is 17.2 Å². The first-order chi connectivity index (χ1) is 15.2. The van der Waals surface area contributed by atoms with E-state index in [1.54, 1.807) is 0 Å². The average molecular weight is 481 g/mol. The Labute approximate surface area is 188 Å². The van der Waals surface area contributed by atoms with Crippen LogP contribution >= 0.6 is 11.6 Å². The number of amides is 1. The van der Waals surface area contributed by atoms with Crippen LogP contribution in [-0.2, 0) is 9.84 Å². The largest absolute Gasteiger partial charge is 0.322 e. The van der Waals surface area contributed by atoms with Gasteiger partial charge in [-0.3, -0.25) is 4.79 Å². The van der Waals surface area contributed by atoms with Crippen LogP contribution in [0, 0.1) is 29.4 Å². The van der Waals surface area contributed by atoms with Crippen molar-refractivity contribution in [3.05, 3.63) is 69.1 Å². The number of benzene rings is 2. The summed E-state index contributed by atoms with van der Waals surface area (Å²) in [6.07, 6.45) is 2.17. The van der Waals surface area contributed by atoms with Crippen molar-refractivity contribution >= 4 is 33.0 Å². The van der Waals surface area contributed by atoms with Gasteiger partial charge in [0.15, 0.2) is 21.5 Å². The van der Waals surface area contributed by atoms with E-state index in [2.05, 4.69) is 15.3 Å². The lowest BCUT2D eigenvalue weighted by atomic mass is 9.89. The van der Waals surface area contributed by atoms with Crippen molar-refractivity contribution in [1.29, 1.82) is 0 Å². The summed E-state index contributed by atoms with van der Waals surface area (Å²) in [4.78, 5) is 15.3. The maximum atomic E-state index is 13.5. The number of halogens is 3. The van der Waals surface area contributed by atoms with E-state index in [1.165, 1.54) is 24.3 Å². The van der Waals surface area contributed by atoms with Gasteiger partial charge in [-0.15, -0.1) is 0 Å². The van der Waals surface area contributed by atoms with Crippen LogP contribution in [0.3, 0.4) is 0 Å². The van der Waals surface area contributed by atoms with Crippen LogP contribution in [0.1, 0.15) is 29.6 Å². The molecule has 0 saturated heterocycles. The van der Waals surface area contributed by atoms with Crippen LogP contribution < -0.4 is 5.32 Å². The van der Waals surface area contributed by atoms with Crippen molar-refractivity contribution in [2.24, 2.45) is 22.9 Å². The number of nitrogens with zero attached hydrogens (tertiary/aromatic N) is 3. The molecule has 3 unspecified atom stereocenters. The van der Waals surface area contributed by atoms with Gasteiger partial charge in [0.05, 0.1) is 15.2 Å². The van der Waals surface area contributed by atoms with E-state index in [9.17, 15) is 22.0 Å². The number of sulfone groups is 1. The first-order valence-electron chi connectivity index (χ1n) is 10.0. The molecule has 2 aliphatic carbocycles. The fourth-order valence-electron chi connectivity index (χ4n) is 5.03. The molecule has 0 aliphatic heterocycles. The zero-order valence-corrected chi connectivity index (χ0v) is 18.3. The summed E-state index contributed by atoms with van der Waals surface area (Å²) in [6.45, 7) is 0.258. The van der Waals surface area contributed by atoms with E-state index in [1.807, 2.05) is 0 Å². The van der Waals surface area contributed by atoms with Crippen LogP contribution in [-0.4, -0.2) is 26.1 Å². The van der Waals surface area contributed by atoms with Gasteiger partial charge < -0.3 is 5.32 Å². The molecule has 4 rings (SSSR count). The molecule has 0 aromatic heterocycles. The van der Waals surface area contributed by atoms with Crippen molar-refractivity contribution in [2.75, 3.05) is 11.9 Å². The Bertz CT molecular complexity index is 1230. The lowest BCUT2D eigenvalue weighted by molar-refractivity contribution is 0.102. The van der Waals surface area contributed by atoms with E-state index in [0.717, 1.165) is 25.0 Å². The highest BCUT2D eigenvalue weighted by atomic mass is 35.5. The van der Waals surface area contributed by atoms with E-state index >= 15 is 0 Å². The highest BCUT2D eigenvalue weighted by Crippen LogP contribution is 2.53. The summed E-state index contributed by atoms with van der Waals surface area (Å²) in [5.74, 6) is -3.03. The van der Waals surface area contributed by atoms with E-state index in [4.69, 9.17) is 17.1 Å². The summed E-state index contributed by atoms with van der Waals surface area (Å²) in [6, 6.07) is 6.83. The van der Waals surface area contributed by atoms with Crippen molar-refractivity contribution in [1.82, 2.24) is 0 Å². The van der Waals surface area contributed by atoms with Gasteiger partial charge in [0.25, 0.3) is 5.91 Å². The Morgan fingerprint density at radius 2 is 1.97 bits per heavy atom. The second-order valence-corrected chi connectivity index (χ2v) is 10.6. The lowest BCUT2D eigenvalue weighted by Gasteiger charge is -2.21. The third kappa shape index (κ3) is 4.05. The Kier molecular flexibility index (Phi) is 6.11. The van der Waals surface area contributed by atoms with Gasteiger partial charge in [0, 0.05) is 28.8 Å². The Morgan fingerprint density at radius 1 is 1.19 bits per heavy atom. The van der Waals surface area contributed by atoms with Crippen LogP contribution in [0.25, 0.3) is 10.4 Å². The number of hydrogen-bond acceptors (Lipinski definition) is 4. The number of carbonyl (C=O) groups excluding carboxylic acids is 1. The predicted molar refractivity (Wildman–Crippen MR) is 115 cm³/mol. The van der Waals surface area contributed by atoms with Crippen LogP contribution in [0.15, 0.2) is 46.4 Å². The Balaban J connectivity index is 1.61. The lowest BCUT2D eigenvalue weighted by Crippen LogP contribution is -2.28. The molecule has 2 saturated carbocycles. The zero-order valence-electron chi connectivity index (χ0n) is 16.7. The minimum Gasteiger partial charge on any atom is -0.322 e. The zero-order chi connectivity index (χ0) is 23.0. The molecule has 2 fully saturated rings. The fraction of sp³-hybridized carbons (Fsp3) is 0.381. The van der Waals surface area contributed by atoms with Gasteiger partial charge in [0.2, 0.25) is 0 Å². The Hall–Kier alpha value is -2.68. The van der Waals surface area contributed by atoms with Gasteiger partial charge in [-0.1, -0.05) is 16.7 Å². The molecule has 2 aliphatic rings. The smallest absolute Gasteiger partial charge is 0.255 e. The molecule has 32 heavy (non-hydrogen) atoms. The summed E-state index contributed by atoms with van der Waals surface area (Å²) in [5.41, 5.74) is 8.65. The van der Waals surface area contributed by atoms with Crippen molar-refractivity contribution in [3.63, 3.8) is 0 Å². The second-order valence-electron chi connectivity index (χ2n) is 8.15. The van der Waals surface area contributed by atoms with Crippen molar-refractivity contribution < 1.29 is 22.0 Å². The Morgan fingerprint density at radius 3 is 2.69 bits per heavy atom. The van der Waals surface area contributed by atoms with Crippen LogP contribution in [0.4, 0.5) is 14.5 Å². The SMILES string of the molecule is [N-]=[N+]=NCC1CC2CCC1[C@@H]2S(=O)(=O)c1cc(C(=O)Nc2ccc(F)c(F)c2)ccc1Cl. The molecule has 4 atom stereocenters. The number of fused-ring (bicyclic) bond motifs is 2. The number of nitrogens with one attached hydrogen (secondary N) is 1. The number of hydrogen-bond donors (Lipinski definition) is 1. The molecule has 2 aromatic carbocycles. The van der Waals surface area contributed by atoms with Gasteiger partial charge in [-0.2, -0.15) is 0 Å². The third-order valence-electron chi connectivity index (χ3n) is 6.38. The molecule has 0 heterocycles. The average Bonchev–Trinajstić information content (AvgIpc) is 3.34. The topological polar surface area (TPSA) is 112 Å². The quantitative estimate of drug-likeness (QED) is 0.340. The molecule has 1 amide bonds. The van der Waals surface area contributed by atoms with E-state index in [0.29, 0.717) is 6.42 Å². The first-order valence-corrected chi connectivity index (χ1v) is 12.0. The van der Waals surface area contributed by atoms with Crippen molar-refractivity contribution in [3.8, 4) is 0 Å². The number of rotatable bonds is 6. The van der Waals surface area contributed by atoms with Gasteiger partial charge in [-0.05, 0) is 72.9 Å². The number of azide groups is 1. The summed E-state index contributed by atoms with van der Waals surface area (Å²) < 4.78 is 53.6. The molecule has 1 N–H and O–H groups in total. The van der Waals surface area contributed by atoms with Crippen LogP contribution in [0.2, 0.25) is 5.02 Å². The van der Waals surface area contributed by atoms with Crippen LogP contribution in [0.5, 0.6) is 0 Å². The molecule has 2 bridgehead atoms. The molecule has 168 valence electrons. The van der Waals surface area contributed by atoms with Gasteiger partial charge >= 0.3 is 0 Å². The standard InChI is InChI=1S/C21H19ClF2N4O3S/c22-16-5-2-12(21(29)27-14-3-6-17(23)18(24)9-14)8-19(16)32(30,31)20-11-1-4-15(20)13(7-11)10-26-28-25/h2-3,5-6,8-9,11,13,15,20H,1,4,7,10H2,(H,27,29)/t11?,13?,15?,20-/m1/s1. The van der Waals surface area contributed by atoms with E-state index in [-0.39, 0.29) is 45.5 Å². The monoisotopic (exact) mass is 480 g/mol. The fourth-order valence-corrected chi connectivity index (χ4v) is 7.96. The first kappa shape index (κ1) is 22.5. The number of carbonyl (C=O) groups is 1. The second kappa shape index (κ2) is 8.69. The summed E-state index contributed by atoms with van der Waals surface area (Å²) >= 11 is 6.23. The molecular formula is C21H19ClF2N4O3S. The minimum atomic E-state index is -3.86. The molecule has 0 spiro atoms. The normalized spacial score (nSPS) is 24.2.